The highest BCUT2D eigenvalue weighted by molar-refractivity contribution is 5.98. The summed E-state index contributed by atoms with van der Waals surface area (Å²) >= 11 is 0. The molecule has 5 heteroatoms. The molecule has 0 saturated heterocycles. The zero-order valence-electron chi connectivity index (χ0n) is 13.5. The molecule has 0 radical (unpaired) electrons. The number of fused-ring (bicyclic) bond motifs is 1. The first-order chi connectivity index (χ1) is 11.0. The van der Waals surface area contributed by atoms with E-state index in [1.165, 1.54) is 7.11 Å². The van der Waals surface area contributed by atoms with E-state index < -0.39 is 5.97 Å². The van der Waals surface area contributed by atoms with Crippen LogP contribution in [0.3, 0.4) is 0 Å². The lowest BCUT2D eigenvalue weighted by molar-refractivity contribution is -0.147. The van der Waals surface area contributed by atoms with E-state index in [2.05, 4.69) is 4.98 Å². The van der Waals surface area contributed by atoms with E-state index >= 15 is 0 Å². The molecule has 0 spiro atoms. The Hall–Kier alpha value is -2.43. The first-order valence-electron chi connectivity index (χ1n) is 7.66. The predicted molar refractivity (Wildman–Crippen MR) is 84.9 cm³/mol. The van der Waals surface area contributed by atoms with Gasteiger partial charge in [-0.25, -0.2) is 9.78 Å². The Balaban J connectivity index is 1.96. The highest BCUT2D eigenvalue weighted by atomic mass is 16.5. The van der Waals surface area contributed by atoms with Crippen molar-refractivity contribution < 1.29 is 19.1 Å². The molecular weight excluding hydrogens is 294 g/mol. The van der Waals surface area contributed by atoms with E-state index in [0.29, 0.717) is 17.2 Å². The van der Waals surface area contributed by atoms with Crippen LogP contribution in [0.5, 0.6) is 0 Å². The molecule has 1 saturated carbocycles. The number of pyridine rings is 1. The molecule has 1 aromatic heterocycles. The van der Waals surface area contributed by atoms with Gasteiger partial charge in [0, 0.05) is 5.39 Å². The lowest BCUT2D eigenvalue weighted by Crippen LogP contribution is -2.14. The van der Waals surface area contributed by atoms with E-state index in [0.717, 1.165) is 22.9 Å². The molecular formula is C18H19NO4. The van der Waals surface area contributed by atoms with E-state index in [4.69, 9.17) is 9.47 Å². The number of para-hydroxylation sites is 1. The Morgan fingerprint density at radius 2 is 2.00 bits per heavy atom. The largest absolute Gasteiger partial charge is 0.465 e. The topological polar surface area (TPSA) is 65.5 Å². The SMILES string of the molecule is COC(=O)c1c(COC(=O)[C@@H]2C[C@@H]2C)nc2ccccc2c1C. The zero-order valence-corrected chi connectivity index (χ0v) is 13.5. The smallest absolute Gasteiger partial charge is 0.340 e. The summed E-state index contributed by atoms with van der Waals surface area (Å²) in [5.41, 5.74) is 2.37. The number of ether oxygens (including phenoxy) is 2. The van der Waals surface area contributed by atoms with Crippen LogP contribution in [0.25, 0.3) is 10.9 Å². The van der Waals surface area contributed by atoms with Gasteiger partial charge in [0.25, 0.3) is 0 Å². The van der Waals surface area contributed by atoms with Crippen LogP contribution >= 0.6 is 0 Å². The van der Waals surface area contributed by atoms with Gasteiger partial charge in [0.05, 0.1) is 29.8 Å². The normalized spacial score (nSPS) is 19.4. The molecule has 0 aliphatic heterocycles. The fourth-order valence-corrected chi connectivity index (χ4v) is 2.82. The molecule has 0 N–H and O–H groups in total. The van der Waals surface area contributed by atoms with Gasteiger partial charge in [0.1, 0.15) is 6.61 Å². The van der Waals surface area contributed by atoms with E-state index in [1.54, 1.807) is 0 Å². The molecule has 3 rings (SSSR count). The van der Waals surface area contributed by atoms with Crippen molar-refractivity contribution in [1.82, 2.24) is 4.98 Å². The monoisotopic (exact) mass is 313 g/mol. The Bertz CT molecular complexity index is 784. The Labute approximate surface area is 134 Å². The molecule has 0 bridgehead atoms. The van der Waals surface area contributed by atoms with Gasteiger partial charge in [0.15, 0.2) is 0 Å². The van der Waals surface area contributed by atoms with Gasteiger partial charge in [-0.3, -0.25) is 4.79 Å². The maximum atomic E-state index is 12.1. The number of benzene rings is 1. The van der Waals surface area contributed by atoms with Crippen molar-refractivity contribution in [3.8, 4) is 0 Å². The van der Waals surface area contributed by atoms with Gasteiger partial charge in [-0.2, -0.15) is 0 Å². The van der Waals surface area contributed by atoms with Crippen LogP contribution in [0.15, 0.2) is 24.3 Å². The molecule has 0 unspecified atom stereocenters. The second kappa shape index (κ2) is 5.99. The third kappa shape index (κ3) is 2.91. The maximum absolute atomic E-state index is 12.1. The van der Waals surface area contributed by atoms with Crippen molar-refractivity contribution in [2.24, 2.45) is 11.8 Å². The van der Waals surface area contributed by atoms with Crippen molar-refractivity contribution in [3.63, 3.8) is 0 Å². The van der Waals surface area contributed by atoms with Crippen molar-refractivity contribution in [2.75, 3.05) is 7.11 Å². The van der Waals surface area contributed by atoms with Crippen LogP contribution in [-0.2, 0) is 20.9 Å². The Morgan fingerprint density at radius 3 is 2.65 bits per heavy atom. The molecule has 23 heavy (non-hydrogen) atoms. The van der Waals surface area contributed by atoms with Crippen LogP contribution in [-0.4, -0.2) is 24.0 Å². The number of aromatic nitrogens is 1. The van der Waals surface area contributed by atoms with Crippen LogP contribution in [0.2, 0.25) is 0 Å². The molecule has 1 aliphatic carbocycles. The Morgan fingerprint density at radius 1 is 1.30 bits per heavy atom. The standard InChI is InChI=1S/C18H19NO4/c1-10-8-13(10)17(20)23-9-15-16(18(21)22-3)11(2)12-6-4-5-7-14(12)19-15/h4-7,10,13H,8-9H2,1-3H3/t10-,13+/m0/s1. The molecule has 1 fully saturated rings. The summed E-state index contributed by atoms with van der Waals surface area (Å²) in [5, 5.41) is 0.888. The number of aryl methyl sites for hydroxylation is 1. The molecule has 0 amide bonds. The maximum Gasteiger partial charge on any atom is 0.340 e. The summed E-state index contributed by atoms with van der Waals surface area (Å²) in [6.07, 6.45) is 0.868. The first-order valence-corrected chi connectivity index (χ1v) is 7.66. The van der Waals surface area contributed by atoms with Gasteiger partial charge in [-0.05, 0) is 30.9 Å². The van der Waals surface area contributed by atoms with E-state index in [9.17, 15) is 9.59 Å². The van der Waals surface area contributed by atoms with E-state index in [1.807, 2.05) is 38.1 Å². The number of carbonyl (C=O) groups excluding carboxylic acids is 2. The Kier molecular flexibility index (Phi) is 4.03. The van der Waals surface area contributed by atoms with Crippen molar-refractivity contribution in [2.45, 2.75) is 26.9 Å². The third-order valence-electron chi connectivity index (χ3n) is 4.38. The quantitative estimate of drug-likeness (QED) is 0.812. The molecule has 5 nitrogen and oxygen atoms in total. The molecule has 1 aliphatic rings. The van der Waals surface area contributed by atoms with E-state index in [-0.39, 0.29) is 18.5 Å². The van der Waals surface area contributed by atoms with Crippen LogP contribution < -0.4 is 0 Å². The molecule has 2 aromatic rings. The molecule has 1 aromatic carbocycles. The van der Waals surface area contributed by atoms with Gasteiger partial charge in [-0.15, -0.1) is 0 Å². The summed E-state index contributed by atoms with van der Waals surface area (Å²) < 4.78 is 10.2. The van der Waals surface area contributed by atoms with Crippen molar-refractivity contribution >= 4 is 22.8 Å². The summed E-state index contributed by atoms with van der Waals surface area (Å²) in [7, 11) is 1.33. The minimum absolute atomic E-state index is 0.0156. The fraction of sp³-hybridized carbons (Fsp3) is 0.389. The average molecular weight is 313 g/mol. The first kappa shape index (κ1) is 15.5. The van der Waals surface area contributed by atoms with Gasteiger partial charge in [0.2, 0.25) is 0 Å². The second-order valence-electron chi connectivity index (χ2n) is 5.99. The van der Waals surface area contributed by atoms with Gasteiger partial charge < -0.3 is 9.47 Å². The second-order valence-corrected chi connectivity index (χ2v) is 5.99. The lowest BCUT2D eigenvalue weighted by atomic mass is 10.0. The highest BCUT2D eigenvalue weighted by Crippen LogP contribution is 2.38. The molecule has 2 atom stereocenters. The highest BCUT2D eigenvalue weighted by Gasteiger charge is 2.40. The number of hydrogen-bond acceptors (Lipinski definition) is 5. The molecule has 1 heterocycles. The van der Waals surface area contributed by atoms with Crippen molar-refractivity contribution in [3.05, 3.63) is 41.1 Å². The van der Waals surface area contributed by atoms with Gasteiger partial charge in [-0.1, -0.05) is 25.1 Å². The van der Waals surface area contributed by atoms with Gasteiger partial charge >= 0.3 is 11.9 Å². The molecule has 120 valence electrons. The van der Waals surface area contributed by atoms with Crippen molar-refractivity contribution in [1.29, 1.82) is 0 Å². The average Bonchev–Trinajstić information content (AvgIpc) is 3.29. The number of esters is 2. The zero-order chi connectivity index (χ0) is 16.6. The van der Waals surface area contributed by atoms with Crippen LogP contribution in [0.4, 0.5) is 0 Å². The number of rotatable bonds is 4. The predicted octanol–water partition coefficient (Wildman–Crippen LogP) is 3.03. The summed E-state index contributed by atoms with van der Waals surface area (Å²) in [6, 6.07) is 7.56. The minimum atomic E-state index is -0.466. The fourth-order valence-electron chi connectivity index (χ4n) is 2.82. The number of carbonyl (C=O) groups is 2. The van der Waals surface area contributed by atoms with Crippen LogP contribution in [0.1, 0.15) is 35.0 Å². The summed E-state index contributed by atoms with van der Waals surface area (Å²) in [5.74, 6) is -0.320. The summed E-state index contributed by atoms with van der Waals surface area (Å²) in [4.78, 5) is 28.6. The summed E-state index contributed by atoms with van der Waals surface area (Å²) in [6.45, 7) is 3.85. The lowest BCUT2D eigenvalue weighted by Gasteiger charge is -2.13. The minimum Gasteiger partial charge on any atom is -0.465 e. The third-order valence-corrected chi connectivity index (χ3v) is 4.38. The number of hydrogen-bond donors (Lipinski definition) is 0. The van der Waals surface area contributed by atoms with Crippen LogP contribution in [0, 0.1) is 18.8 Å². The number of nitrogens with zero attached hydrogens (tertiary/aromatic N) is 1. The number of methoxy groups -OCH3 is 1.